The van der Waals surface area contributed by atoms with Crippen molar-refractivity contribution in [2.75, 3.05) is 5.32 Å². The highest BCUT2D eigenvalue weighted by Gasteiger charge is 2.32. The summed E-state index contributed by atoms with van der Waals surface area (Å²) in [5, 5.41) is 13.9. The summed E-state index contributed by atoms with van der Waals surface area (Å²) in [4.78, 5) is 0. The monoisotopic (exact) mass is 299 g/mol. The van der Waals surface area contributed by atoms with Crippen LogP contribution in [0.1, 0.15) is 31.2 Å². The highest BCUT2D eigenvalue weighted by molar-refractivity contribution is 5.57. The summed E-state index contributed by atoms with van der Waals surface area (Å²) in [5.74, 6) is 0.251. The minimum atomic E-state index is -4.48. The predicted molar refractivity (Wildman–Crippen MR) is 72.2 cm³/mol. The Morgan fingerprint density at radius 2 is 2.00 bits per heavy atom. The maximum atomic E-state index is 12.4. The lowest BCUT2D eigenvalue weighted by molar-refractivity contribution is -0.141. The van der Waals surface area contributed by atoms with E-state index >= 15 is 0 Å². The van der Waals surface area contributed by atoms with Gasteiger partial charge in [0, 0.05) is 6.54 Å². The van der Waals surface area contributed by atoms with Crippen molar-refractivity contribution >= 4 is 11.5 Å². The Morgan fingerprint density at radius 3 is 2.57 bits per heavy atom. The lowest BCUT2D eigenvalue weighted by Gasteiger charge is -2.07. The fraction of sp³-hybridized carbons (Fsp3) is 0.462. The third-order valence-electron chi connectivity index (χ3n) is 3.04. The molecule has 8 heteroatoms. The number of unbranched alkanes of at least 4 members (excludes halogenated alkanes) is 1. The number of halogens is 3. The number of nitrogens with one attached hydrogen (secondary N) is 1. The Kier molecular flexibility index (Phi) is 4.44. The second-order valence-corrected chi connectivity index (χ2v) is 4.65. The molecule has 0 saturated carbocycles. The van der Waals surface area contributed by atoms with E-state index in [1.54, 1.807) is 6.20 Å². The lowest BCUT2D eigenvalue weighted by atomic mass is 10.3. The first-order valence-corrected chi connectivity index (χ1v) is 6.62. The van der Waals surface area contributed by atoms with Crippen molar-refractivity contribution in [1.82, 2.24) is 20.0 Å². The highest BCUT2D eigenvalue weighted by Crippen LogP contribution is 2.27. The Morgan fingerprint density at radius 1 is 1.24 bits per heavy atom. The van der Waals surface area contributed by atoms with Crippen LogP contribution < -0.4 is 5.32 Å². The third-order valence-corrected chi connectivity index (χ3v) is 3.04. The number of nitrogens with zero attached hydrogens (tertiary/aromatic N) is 4. The Bertz CT molecular complexity index is 589. The lowest BCUT2D eigenvalue weighted by Crippen LogP contribution is -2.09. The smallest absolute Gasteiger partial charge is 0.336 e. The molecule has 5 nitrogen and oxygen atoms in total. The predicted octanol–water partition coefficient (Wildman–Crippen LogP) is 3.54. The van der Waals surface area contributed by atoms with Crippen molar-refractivity contribution in [3.05, 3.63) is 29.7 Å². The van der Waals surface area contributed by atoms with Crippen LogP contribution in [0.25, 0.3) is 0 Å². The second-order valence-electron chi connectivity index (χ2n) is 4.65. The van der Waals surface area contributed by atoms with Gasteiger partial charge in [-0.15, -0.1) is 10.2 Å². The first-order valence-electron chi connectivity index (χ1n) is 6.62. The molecular weight excluding hydrogens is 283 g/mol. The number of aromatic nitrogens is 4. The first kappa shape index (κ1) is 15.3. The summed E-state index contributed by atoms with van der Waals surface area (Å²) in [5.41, 5.74) is 0.605. The fourth-order valence-electron chi connectivity index (χ4n) is 1.79. The number of hydrogen-bond acceptors (Lipinski definition) is 4. The minimum absolute atomic E-state index is 0.251. The Balaban J connectivity index is 2.10. The molecular formula is C13H16F3N5. The molecule has 0 aliphatic rings. The van der Waals surface area contributed by atoms with Crippen molar-refractivity contribution in [2.45, 2.75) is 39.4 Å². The Hall–Kier alpha value is -2.12. The Labute approximate surface area is 120 Å². The molecule has 0 aliphatic carbocycles. The van der Waals surface area contributed by atoms with Crippen molar-refractivity contribution in [3.63, 3.8) is 0 Å². The number of aryl methyl sites for hydroxylation is 1. The normalized spacial score (nSPS) is 11.7. The molecule has 0 aliphatic heterocycles. The molecule has 2 heterocycles. The first-order chi connectivity index (χ1) is 9.91. The molecule has 0 amide bonds. The van der Waals surface area contributed by atoms with E-state index in [9.17, 15) is 13.2 Å². The van der Waals surface area contributed by atoms with Gasteiger partial charge in [0.2, 0.25) is 0 Å². The van der Waals surface area contributed by atoms with E-state index in [2.05, 4.69) is 27.5 Å². The average molecular weight is 299 g/mol. The molecule has 0 atom stereocenters. The quantitative estimate of drug-likeness (QED) is 0.917. The average Bonchev–Trinajstić information content (AvgIpc) is 2.77. The second kappa shape index (κ2) is 6.11. The molecule has 0 aromatic carbocycles. The van der Waals surface area contributed by atoms with E-state index in [1.165, 1.54) is 6.07 Å². The maximum absolute atomic E-state index is 12.4. The molecule has 0 radical (unpaired) electrons. The van der Waals surface area contributed by atoms with Crippen molar-refractivity contribution < 1.29 is 13.2 Å². The van der Waals surface area contributed by atoms with Gasteiger partial charge in [0.15, 0.2) is 11.5 Å². The van der Waals surface area contributed by atoms with Gasteiger partial charge in [-0.25, -0.2) is 0 Å². The van der Waals surface area contributed by atoms with Crippen molar-refractivity contribution in [3.8, 4) is 0 Å². The van der Waals surface area contributed by atoms with Gasteiger partial charge in [-0.2, -0.15) is 18.3 Å². The van der Waals surface area contributed by atoms with E-state index in [1.807, 2.05) is 11.6 Å². The van der Waals surface area contributed by atoms with Crippen LogP contribution in [0.2, 0.25) is 0 Å². The minimum Gasteiger partial charge on any atom is -0.336 e. The zero-order valence-corrected chi connectivity index (χ0v) is 11.8. The van der Waals surface area contributed by atoms with Gasteiger partial charge in [0.05, 0.1) is 17.6 Å². The standard InChI is InChI=1S/C13H16F3N5/c1-3-4-7-21-9(2)10(8-17-21)18-12-6-5-11(19-20-12)13(14,15)16/h5-6,8H,3-4,7H2,1-2H3,(H,18,20). The highest BCUT2D eigenvalue weighted by atomic mass is 19.4. The van der Waals surface area contributed by atoms with Gasteiger partial charge >= 0.3 is 6.18 Å². The van der Waals surface area contributed by atoms with Gasteiger partial charge in [-0.1, -0.05) is 13.3 Å². The zero-order chi connectivity index (χ0) is 15.5. The van der Waals surface area contributed by atoms with E-state index < -0.39 is 11.9 Å². The molecule has 21 heavy (non-hydrogen) atoms. The molecule has 0 fully saturated rings. The summed E-state index contributed by atoms with van der Waals surface area (Å²) in [6.07, 6.45) is -0.773. The van der Waals surface area contributed by atoms with Crippen LogP contribution in [0.3, 0.4) is 0 Å². The summed E-state index contributed by atoms with van der Waals surface area (Å²) < 4.78 is 39.0. The van der Waals surface area contributed by atoms with E-state index in [-0.39, 0.29) is 5.82 Å². The van der Waals surface area contributed by atoms with Crippen LogP contribution in [0, 0.1) is 6.92 Å². The van der Waals surface area contributed by atoms with Crippen molar-refractivity contribution in [1.29, 1.82) is 0 Å². The van der Waals surface area contributed by atoms with E-state index in [0.717, 1.165) is 31.1 Å². The van der Waals surface area contributed by atoms with Gasteiger partial charge in [-0.05, 0) is 25.5 Å². The van der Waals surface area contributed by atoms with Crippen molar-refractivity contribution in [2.24, 2.45) is 0 Å². The van der Waals surface area contributed by atoms with Gasteiger partial charge in [0.1, 0.15) is 0 Å². The topological polar surface area (TPSA) is 55.6 Å². The number of alkyl halides is 3. The number of anilines is 2. The molecule has 0 spiro atoms. The third kappa shape index (κ3) is 3.71. The number of hydrogen-bond donors (Lipinski definition) is 1. The van der Waals surface area contributed by atoms with Crippen LogP contribution in [0.4, 0.5) is 24.7 Å². The van der Waals surface area contributed by atoms with Crippen LogP contribution in [0.5, 0.6) is 0 Å². The van der Waals surface area contributed by atoms with Crippen LogP contribution in [-0.4, -0.2) is 20.0 Å². The van der Waals surface area contributed by atoms with Gasteiger partial charge in [0.25, 0.3) is 0 Å². The van der Waals surface area contributed by atoms with Gasteiger partial charge in [-0.3, -0.25) is 4.68 Å². The van der Waals surface area contributed by atoms with Crippen LogP contribution in [0.15, 0.2) is 18.3 Å². The van der Waals surface area contributed by atoms with E-state index in [4.69, 9.17) is 0 Å². The molecule has 0 bridgehead atoms. The summed E-state index contributed by atoms with van der Waals surface area (Å²) in [6.45, 7) is 4.79. The zero-order valence-electron chi connectivity index (χ0n) is 11.8. The summed E-state index contributed by atoms with van der Waals surface area (Å²) in [7, 11) is 0. The van der Waals surface area contributed by atoms with Gasteiger partial charge < -0.3 is 5.32 Å². The molecule has 1 N–H and O–H groups in total. The fourth-order valence-corrected chi connectivity index (χ4v) is 1.79. The molecule has 114 valence electrons. The SMILES string of the molecule is CCCCn1ncc(Nc2ccc(C(F)(F)F)nn2)c1C. The summed E-state index contributed by atoms with van der Waals surface area (Å²) >= 11 is 0. The van der Waals surface area contributed by atoms with E-state index in [0.29, 0.717) is 5.69 Å². The molecule has 0 saturated heterocycles. The number of rotatable bonds is 5. The molecule has 2 aromatic heterocycles. The molecule has 2 rings (SSSR count). The molecule has 2 aromatic rings. The van der Waals surface area contributed by atoms with Crippen LogP contribution in [-0.2, 0) is 12.7 Å². The molecule has 0 unspecified atom stereocenters. The van der Waals surface area contributed by atoms with Crippen LogP contribution >= 0.6 is 0 Å². The maximum Gasteiger partial charge on any atom is 0.435 e. The largest absolute Gasteiger partial charge is 0.435 e. The summed E-state index contributed by atoms with van der Waals surface area (Å²) in [6, 6.07) is 2.14.